The Morgan fingerprint density at radius 2 is 2.33 bits per heavy atom. The maximum atomic E-state index is 5.61. The average molecular weight is 246 g/mol. The molecule has 0 spiro atoms. The Morgan fingerprint density at radius 1 is 1.33 bits per heavy atom. The van der Waals surface area contributed by atoms with E-state index in [4.69, 9.17) is 4.74 Å². The first-order valence-electron chi connectivity index (χ1n) is 7.05. The molecule has 1 aromatic rings. The SMILES string of the molecule is c1cc2c(cc1CNCC1CCCO1)CNCC2. The van der Waals surface area contributed by atoms with Crippen LogP contribution in [0.3, 0.4) is 0 Å². The summed E-state index contributed by atoms with van der Waals surface area (Å²) in [6.45, 7) is 5.01. The van der Waals surface area contributed by atoms with Gasteiger partial charge in [0.2, 0.25) is 0 Å². The second kappa shape index (κ2) is 5.83. The van der Waals surface area contributed by atoms with Crippen molar-refractivity contribution in [2.24, 2.45) is 0 Å². The second-order valence-electron chi connectivity index (χ2n) is 5.30. The Morgan fingerprint density at radius 3 is 3.22 bits per heavy atom. The molecule has 3 rings (SSSR count). The van der Waals surface area contributed by atoms with Crippen LogP contribution >= 0.6 is 0 Å². The van der Waals surface area contributed by atoms with Gasteiger partial charge < -0.3 is 15.4 Å². The molecule has 1 fully saturated rings. The maximum absolute atomic E-state index is 5.61. The van der Waals surface area contributed by atoms with Crippen molar-refractivity contribution in [1.82, 2.24) is 10.6 Å². The summed E-state index contributed by atoms with van der Waals surface area (Å²) >= 11 is 0. The molecule has 1 saturated heterocycles. The van der Waals surface area contributed by atoms with Gasteiger partial charge in [0, 0.05) is 26.2 Å². The van der Waals surface area contributed by atoms with Crippen LogP contribution in [-0.4, -0.2) is 25.8 Å². The molecule has 0 amide bonds. The first kappa shape index (κ1) is 12.2. The third-order valence-electron chi connectivity index (χ3n) is 3.88. The Hall–Kier alpha value is -0.900. The zero-order valence-electron chi connectivity index (χ0n) is 10.9. The smallest absolute Gasteiger partial charge is 0.0700 e. The highest BCUT2D eigenvalue weighted by Crippen LogP contribution is 2.16. The molecular weight excluding hydrogens is 224 g/mol. The van der Waals surface area contributed by atoms with E-state index in [1.807, 2.05) is 0 Å². The van der Waals surface area contributed by atoms with Gasteiger partial charge in [-0.1, -0.05) is 18.2 Å². The Kier molecular flexibility index (Phi) is 3.93. The Bertz CT molecular complexity index is 399. The molecule has 1 aromatic carbocycles. The lowest BCUT2D eigenvalue weighted by Gasteiger charge is -2.18. The molecule has 2 aliphatic heterocycles. The van der Waals surface area contributed by atoms with Gasteiger partial charge in [-0.2, -0.15) is 0 Å². The quantitative estimate of drug-likeness (QED) is 0.846. The van der Waals surface area contributed by atoms with E-state index in [-0.39, 0.29) is 0 Å². The zero-order chi connectivity index (χ0) is 12.2. The molecule has 0 aliphatic carbocycles. The van der Waals surface area contributed by atoms with E-state index in [1.54, 1.807) is 0 Å². The summed E-state index contributed by atoms with van der Waals surface area (Å²) in [6, 6.07) is 6.88. The lowest BCUT2D eigenvalue weighted by molar-refractivity contribution is 0.110. The lowest BCUT2D eigenvalue weighted by Crippen LogP contribution is -2.26. The fourth-order valence-corrected chi connectivity index (χ4v) is 2.83. The molecule has 1 unspecified atom stereocenters. The molecule has 2 aliphatic rings. The zero-order valence-corrected chi connectivity index (χ0v) is 10.9. The lowest BCUT2D eigenvalue weighted by atomic mass is 9.98. The van der Waals surface area contributed by atoms with Gasteiger partial charge in [0.25, 0.3) is 0 Å². The highest BCUT2D eigenvalue weighted by molar-refractivity contribution is 5.33. The number of fused-ring (bicyclic) bond motifs is 1. The van der Waals surface area contributed by atoms with E-state index >= 15 is 0 Å². The predicted molar refractivity (Wildman–Crippen MR) is 72.5 cm³/mol. The van der Waals surface area contributed by atoms with Crippen molar-refractivity contribution in [3.63, 3.8) is 0 Å². The van der Waals surface area contributed by atoms with E-state index in [0.717, 1.165) is 32.8 Å². The third-order valence-corrected chi connectivity index (χ3v) is 3.88. The van der Waals surface area contributed by atoms with Crippen LogP contribution in [0.2, 0.25) is 0 Å². The number of rotatable bonds is 4. The van der Waals surface area contributed by atoms with Crippen molar-refractivity contribution in [2.75, 3.05) is 19.7 Å². The minimum Gasteiger partial charge on any atom is -0.377 e. The molecule has 2 heterocycles. The first-order chi connectivity index (χ1) is 8.92. The molecule has 1 atom stereocenters. The summed E-state index contributed by atoms with van der Waals surface area (Å²) in [5, 5.41) is 6.93. The van der Waals surface area contributed by atoms with Crippen molar-refractivity contribution >= 4 is 0 Å². The van der Waals surface area contributed by atoms with Crippen LogP contribution in [0.4, 0.5) is 0 Å². The summed E-state index contributed by atoms with van der Waals surface area (Å²) in [4.78, 5) is 0. The minimum atomic E-state index is 0.435. The molecule has 0 radical (unpaired) electrons. The van der Waals surface area contributed by atoms with Gasteiger partial charge >= 0.3 is 0 Å². The monoisotopic (exact) mass is 246 g/mol. The van der Waals surface area contributed by atoms with Crippen LogP contribution in [0, 0.1) is 0 Å². The van der Waals surface area contributed by atoms with Crippen molar-refractivity contribution < 1.29 is 4.74 Å². The van der Waals surface area contributed by atoms with Crippen LogP contribution in [0.25, 0.3) is 0 Å². The Labute approximate surface area is 109 Å². The first-order valence-corrected chi connectivity index (χ1v) is 7.05. The van der Waals surface area contributed by atoms with Gasteiger partial charge in [0.15, 0.2) is 0 Å². The molecule has 0 aromatic heterocycles. The highest BCUT2D eigenvalue weighted by Gasteiger charge is 2.14. The van der Waals surface area contributed by atoms with Crippen molar-refractivity contribution in [3.05, 3.63) is 34.9 Å². The van der Waals surface area contributed by atoms with Gasteiger partial charge in [-0.05, 0) is 42.5 Å². The average Bonchev–Trinajstić information content (AvgIpc) is 2.92. The van der Waals surface area contributed by atoms with Gasteiger partial charge in [0.05, 0.1) is 6.10 Å². The predicted octanol–water partition coefficient (Wildman–Crippen LogP) is 1.60. The molecule has 3 heteroatoms. The molecule has 0 bridgehead atoms. The fourth-order valence-electron chi connectivity index (χ4n) is 2.83. The number of benzene rings is 1. The molecule has 0 saturated carbocycles. The van der Waals surface area contributed by atoms with Crippen LogP contribution in [0.15, 0.2) is 18.2 Å². The van der Waals surface area contributed by atoms with E-state index in [9.17, 15) is 0 Å². The van der Waals surface area contributed by atoms with Gasteiger partial charge in [-0.25, -0.2) is 0 Å². The highest BCUT2D eigenvalue weighted by atomic mass is 16.5. The van der Waals surface area contributed by atoms with E-state index in [2.05, 4.69) is 28.8 Å². The largest absolute Gasteiger partial charge is 0.377 e. The van der Waals surface area contributed by atoms with Crippen LogP contribution in [0.1, 0.15) is 29.5 Å². The normalized spacial score (nSPS) is 23.0. The van der Waals surface area contributed by atoms with Crippen LogP contribution in [0.5, 0.6) is 0 Å². The fraction of sp³-hybridized carbons (Fsp3) is 0.600. The van der Waals surface area contributed by atoms with Crippen molar-refractivity contribution in [3.8, 4) is 0 Å². The summed E-state index contributed by atoms with van der Waals surface area (Å²) < 4.78 is 5.61. The van der Waals surface area contributed by atoms with Gasteiger partial charge in [-0.15, -0.1) is 0 Å². The maximum Gasteiger partial charge on any atom is 0.0700 e. The van der Waals surface area contributed by atoms with E-state index in [0.29, 0.717) is 6.10 Å². The topological polar surface area (TPSA) is 33.3 Å². The van der Waals surface area contributed by atoms with E-state index < -0.39 is 0 Å². The summed E-state index contributed by atoms with van der Waals surface area (Å²) in [7, 11) is 0. The molecule has 18 heavy (non-hydrogen) atoms. The number of ether oxygens (including phenoxy) is 1. The van der Waals surface area contributed by atoms with Crippen LogP contribution in [-0.2, 0) is 24.2 Å². The summed E-state index contributed by atoms with van der Waals surface area (Å²) in [5.74, 6) is 0. The Balaban J connectivity index is 1.52. The molecule has 2 N–H and O–H groups in total. The third kappa shape index (κ3) is 2.91. The minimum absolute atomic E-state index is 0.435. The van der Waals surface area contributed by atoms with Gasteiger partial charge in [0.1, 0.15) is 0 Å². The van der Waals surface area contributed by atoms with Crippen molar-refractivity contribution in [2.45, 2.75) is 38.5 Å². The second-order valence-corrected chi connectivity index (χ2v) is 5.30. The van der Waals surface area contributed by atoms with Gasteiger partial charge in [-0.3, -0.25) is 0 Å². The molecular formula is C15H22N2O. The van der Waals surface area contributed by atoms with Crippen molar-refractivity contribution in [1.29, 1.82) is 0 Å². The molecule has 98 valence electrons. The van der Waals surface area contributed by atoms with E-state index in [1.165, 1.54) is 36.0 Å². The number of hydrogen-bond acceptors (Lipinski definition) is 3. The number of nitrogens with one attached hydrogen (secondary N) is 2. The van der Waals surface area contributed by atoms with Crippen LogP contribution < -0.4 is 10.6 Å². The molecule has 3 nitrogen and oxygen atoms in total. The summed E-state index contributed by atoms with van der Waals surface area (Å²) in [6.07, 6.45) is 4.03. The standard InChI is InChI=1S/C15H22N2O/c1-2-15(18-7-1)11-17-9-12-3-4-13-5-6-16-10-14(13)8-12/h3-4,8,15-17H,1-2,5-7,9-11H2. The number of hydrogen-bond donors (Lipinski definition) is 2. The summed E-state index contributed by atoms with van der Waals surface area (Å²) in [5.41, 5.74) is 4.37.